The summed E-state index contributed by atoms with van der Waals surface area (Å²) in [6.07, 6.45) is 5.25. The van der Waals surface area contributed by atoms with Crippen LogP contribution in [0.4, 0.5) is 0 Å². The number of aryl methyl sites for hydroxylation is 2. The van der Waals surface area contributed by atoms with E-state index in [0.717, 1.165) is 22.5 Å². The Labute approximate surface area is 88.9 Å². The summed E-state index contributed by atoms with van der Waals surface area (Å²) in [5, 5.41) is 0. The molecule has 3 nitrogen and oxygen atoms in total. The van der Waals surface area contributed by atoms with Gasteiger partial charge in [0.15, 0.2) is 0 Å². The third-order valence-corrected chi connectivity index (χ3v) is 2.65. The van der Waals surface area contributed by atoms with E-state index in [9.17, 15) is 0 Å². The Hall–Kier alpha value is -1.61. The van der Waals surface area contributed by atoms with Gasteiger partial charge in [-0.1, -0.05) is 0 Å². The lowest BCUT2D eigenvalue weighted by atomic mass is 9.98. The van der Waals surface area contributed by atoms with Crippen molar-refractivity contribution in [2.45, 2.75) is 19.9 Å². The summed E-state index contributed by atoms with van der Waals surface area (Å²) >= 11 is 0. The zero-order valence-electron chi connectivity index (χ0n) is 8.90. The summed E-state index contributed by atoms with van der Waals surface area (Å²) in [6.45, 7) is 3.95. The molecule has 2 aromatic rings. The van der Waals surface area contributed by atoms with Gasteiger partial charge in [0.25, 0.3) is 0 Å². The van der Waals surface area contributed by atoms with Gasteiger partial charge in [0.1, 0.15) is 5.76 Å². The van der Waals surface area contributed by atoms with E-state index in [1.54, 1.807) is 12.5 Å². The lowest BCUT2D eigenvalue weighted by Crippen LogP contribution is -2.13. The minimum absolute atomic E-state index is 0.155. The van der Waals surface area contributed by atoms with Gasteiger partial charge in [-0.3, -0.25) is 4.98 Å². The fourth-order valence-corrected chi connectivity index (χ4v) is 1.69. The Balaban J connectivity index is 2.41. The third-order valence-electron chi connectivity index (χ3n) is 2.65. The minimum Gasteiger partial charge on any atom is -0.469 e. The SMILES string of the molecule is Cc1ccncc1C(N)c1ccoc1C. The maximum atomic E-state index is 6.16. The first-order valence-electron chi connectivity index (χ1n) is 4.90. The van der Waals surface area contributed by atoms with Gasteiger partial charge in [-0.2, -0.15) is 0 Å². The van der Waals surface area contributed by atoms with Crippen LogP contribution in [0, 0.1) is 13.8 Å². The number of furan rings is 1. The maximum absolute atomic E-state index is 6.16. The number of nitrogens with two attached hydrogens (primary N) is 1. The van der Waals surface area contributed by atoms with Crippen LogP contribution in [-0.2, 0) is 0 Å². The zero-order valence-corrected chi connectivity index (χ0v) is 8.90. The van der Waals surface area contributed by atoms with Crippen molar-refractivity contribution in [1.29, 1.82) is 0 Å². The second-order valence-corrected chi connectivity index (χ2v) is 3.64. The van der Waals surface area contributed by atoms with Crippen LogP contribution in [0.3, 0.4) is 0 Å². The van der Waals surface area contributed by atoms with Crippen molar-refractivity contribution in [2.75, 3.05) is 0 Å². The molecule has 3 heteroatoms. The number of nitrogens with zero attached hydrogens (tertiary/aromatic N) is 1. The highest BCUT2D eigenvalue weighted by Gasteiger charge is 2.15. The molecule has 0 fully saturated rings. The first kappa shape index (κ1) is 9.93. The molecule has 0 aromatic carbocycles. The second-order valence-electron chi connectivity index (χ2n) is 3.64. The molecule has 0 radical (unpaired) electrons. The summed E-state index contributed by atoms with van der Waals surface area (Å²) in [5.74, 6) is 0.866. The number of hydrogen-bond acceptors (Lipinski definition) is 3. The van der Waals surface area contributed by atoms with Crippen LogP contribution in [0.5, 0.6) is 0 Å². The van der Waals surface area contributed by atoms with Gasteiger partial charge >= 0.3 is 0 Å². The van der Waals surface area contributed by atoms with Crippen LogP contribution >= 0.6 is 0 Å². The fraction of sp³-hybridized carbons (Fsp3) is 0.250. The average molecular weight is 202 g/mol. The molecule has 15 heavy (non-hydrogen) atoms. The number of aromatic nitrogens is 1. The van der Waals surface area contributed by atoms with Crippen molar-refractivity contribution in [3.05, 3.63) is 53.2 Å². The Kier molecular flexibility index (Phi) is 2.56. The average Bonchev–Trinajstić information content (AvgIpc) is 2.64. The number of pyridine rings is 1. The Morgan fingerprint density at radius 2 is 2.07 bits per heavy atom. The zero-order chi connectivity index (χ0) is 10.8. The van der Waals surface area contributed by atoms with E-state index < -0.39 is 0 Å². The minimum atomic E-state index is -0.155. The summed E-state index contributed by atoms with van der Waals surface area (Å²) < 4.78 is 5.25. The number of rotatable bonds is 2. The van der Waals surface area contributed by atoms with E-state index in [1.807, 2.05) is 32.2 Å². The third kappa shape index (κ3) is 1.78. The molecule has 2 rings (SSSR count). The molecule has 1 atom stereocenters. The van der Waals surface area contributed by atoms with E-state index in [4.69, 9.17) is 10.2 Å². The van der Waals surface area contributed by atoms with Crippen molar-refractivity contribution >= 4 is 0 Å². The van der Waals surface area contributed by atoms with E-state index >= 15 is 0 Å². The predicted molar refractivity (Wildman–Crippen MR) is 58.4 cm³/mol. The largest absolute Gasteiger partial charge is 0.469 e. The van der Waals surface area contributed by atoms with Gasteiger partial charge in [0, 0.05) is 18.0 Å². The summed E-state index contributed by atoms with van der Waals surface area (Å²) in [6, 6.07) is 3.72. The Morgan fingerprint density at radius 1 is 1.27 bits per heavy atom. The first-order valence-corrected chi connectivity index (χ1v) is 4.90. The maximum Gasteiger partial charge on any atom is 0.105 e. The predicted octanol–water partition coefficient (Wildman–Crippen LogP) is 2.34. The van der Waals surface area contributed by atoms with Gasteiger partial charge < -0.3 is 10.2 Å². The molecular weight excluding hydrogens is 188 g/mol. The molecule has 0 saturated heterocycles. The Bertz CT molecular complexity index is 462. The molecular formula is C12H14N2O. The van der Waals surface area contributed by atoms with Crippen LogP contribution in [0.2, 0.25) is 0 Å². The number of hydrogen-bond donors (Lipinski definition) is 1. The topological polar surface area (TPSA) is 52.0 Å². The van der Waals surface area contributed by atoms with Crippen molar-refractivity contribution in [1.82, 2.24) is 4.98 Å². The molecule has 2 N–H and O–H groups in total. The normalized spacial score (nSPS) is 12.7. The summed E-state index contributed by atoms with van der Waals surface area (Å²) in [5.41, 5.74) is 9.38. The molecule has 0 aliphatic carbocycles. The van der Waals surface area contributed by atoms with Gasteiger partial charge in [-0.05, 0) is 37.1 Å². The molecule has 0 bridgehead atoms. The molecule has 78 valence electrons. The van der Waals surface area contributed by atoms with Crippen molar-refractivity contribution < 1.29 is 4.42 Å². The smallest absolute Gasteiger partial charge is 0.105 e. The van der Waals surface area contributed by atoms with E-state index in [1.165, 1.54) is 0 Å². The van der Waals surface area contributed by atoms with E-state index in [2.05, 4.69) is 4.98 Å². The van der Waals surface area contributed by atoms with E-state index in [0.29, 0.717) is 0 Å². The molecule has 1 unspecified atom stereocenters. The van der Waals surface area contributed by atoms with Crippen LogP contribution in [-0.4, -0.2) is 4.98 Å². The monoisotopic (exact) mass is 202 g/mol. The molecule has 0 spiro atoms. The molecule has 2 heterocycles. The van der Waals surface area contributed by atoms with Gasteiger partial charge in [-0.25, -0.2) is 0 Å². The quantitative estimate of drug-likeness (QED) is 0.813. The van der Waals surface area contributed by atoms with Crippen molar-refractivity contribution in [3.8, 4) is 0 Å². The summed E-state index contributed by atoms with van der Waals surface area (Å²) in [7, 11) is 0. The lowest BCUT2D eigenvalue weighted by Gasteiger charge is -2.13. The van der Waals surface area contributed by atoms with Crippen LogP contribution in [0.15, 0.2) is 35.2 Å². The molecule has 2 aromatic heterocycles. The van der Waals surface area contributed by atoms with Crippen LogP contribution < -0.4 is 5.73 Å². The highest BCUT2D eigenvalue weighted by molar-refractivity contribution is 5.35. The molecule has 0 amide bonds. The van der Waals surface area contributed by atoms with E-state index in [-0.39, 0.29) is 6.04 Å². The highest BCUT2D eigenvalue weighted by Crippen LogP contribution is 2.24. The molecule has 0 aliphatic rings. The summed E-state index contributed by atoms with van der Waals surface area (Å²) in [4.78, 5) is 4.10. The fourth-order valence-electron chi connectivity index (χ4n) is 1.69. The van der Waals surface area contributed by atoms with Crippen molar-refractivity contribution in [2.24, 2.45) is 5.73 Å². The van der Waals surface area contributed by atoms with Crippen molar-refractivity contribution in [3.63, 3.8) is 0 Å². The highest BCUT2D eigenvalue weighted by atomic mass is 16.3. The van der Waals surface area contributed by atoms with Gasteiger partial charge in [-0.15, -0.1) is 0 Å². The lowest BCUT2D eigenvalue weighted by molar-refractivity contribution is 0.527. The first-order chi connectivity index (χ1) is 7.20. The second kappa shape index (κ2) is 3.87. The van der Waals surface area contributed by atoms with Crippen LogP contribution in [0.25, 0.3) is 0 Å². The molecule has 0 aliphatic heterocycles. The standard InChI is InChI=1S/C12H14N2O/c1-8-3-5-14-7-11(8)12(13)10-4-6-15-9(10)2/h3-7,12H,13H2,1-2H3. The van der Waals surface area contributed by atoms with Gasteiger partial charge in [0.05, 0.1) is 12.3 Å². The molecule has 0 saturated carbocycles. The van der Waals surface area contributed by atoms with Crippen LogP contribution in [0.1, 0.15) is 28.5 Å². The van der Waals surface area contributed by atoms with Gasteiger partial charge in [0.2, 0.25) is 0 Å². The Morgan fingerprint density at radius 3 is 2.67 bits per heavy atom.